The summed E-state index contributed by atoms with van der Waals surface area (Å²) >= 11 is 0. The first-order valence-electron chi connectivity index (χ1n) is 7.85. The maximum atomic E-state index is 12.0. The molecule has 0 spiro atoms. The number of ether oxygens (including phenoxy) is 2. The van der Waals surface area contributed by atoms with Crippen molar-refractivity contribution in [3.8, 4) is 5.75 Å². The smallest absolute Gasteiger partial charge is 0.331 e. The van der Waals surface area contributed by atoms with E-state index in [-0.39, 0.29) is 12.5 Å². The van der Waals surface area contributed by atoms with Gasteiger partial charge in [0, 0.05) is 19.2 Å². The van der Waals surface area contributed by atoms with E-state index < -0.39 is 5.97 Å². The molecule has 0 unspecified atom stereocenters. The lowest BCUT2D eigenvalue weighted by atomic mass is 9.99. The molecular formula is C18H23NO4. The molecule has 0 bridgehead atoms. The fourth-order valence-electron chi connectivity index (χ4n) is 2.44. The molecule has 1 saturated heterocycles. The molecule has 2 rings (SSSR count). The number of hydrogen-bond acceptors (Lipinski definition) is 4. The van der Waals surface area contributed by atoms with E-state index in [9.17, 15) is 9.59 Å². The van der Waals surface area contributed by atoms with Gasteiger partial charge in [-0.2, -0.15) is 0 Å². The molecular weight excluding hydrogens is 294 g/mol. The van der Waals surface area contributed by atoms with E-state index >= 15 is 0 Å². The second-order valence-corrected chi connectivity index (χ2v) is 5.78. The monoisotopic (exact) mass is 317 g/mol. The molecule has 1 aromatic carbocycles. The van der Waals surface area contributed by atoms with Crippen molar-refractivity contribution >= 4 is 18.0 Å². The van der Waals surface area contributed by atoms with E-state index in [1.165, 1.54) is 6.08 Å². The molecule has 1 aliphatic heterocycles. The van der Waals surface area contributed by atoms with E-state index in [2.05, 4.69) is 6.92 Å². The molecule has 0 saturated carbocycles. The summed E-state index contributed by atoms with van der Waals surface area (Å²) in [6, 6.07) is 7.33. The number of esters is 1. The van der Waals surface area contributed by atoms with E-state index in [1.807, 2.05) is 24.3 Å². The summed E-state index contributed by atoms with van der Waals surface area (Å²) in [6.45, 7) is 3.48. The molecule has 5 heteroatoms. The van der Waals surface area contributed by atoms with Crippen LogP contribution in [0.25, 0.3) is 6.08 Å². The number of carbonyl (C=O) groups is 2. The molecule has 124 valence electrons. The summed E-state index contributed by atoms with van der Waals surface area (Å²) in [4.78, 5) is 25.4. The quantitative estimate of drug-likeness (QED) is 0.618. The molecule has 1 amide bonds. The second kappa shape index (κ2) is 8.36. The number of amides is 1. The fourth-order valence-corrected chi connectivity index (χ4v) is 2.44. The molecule has 0 atom stereocenters. The van der Waals surface area contributed by atoms with Crippen molar-refractivity contribution in [3.05, 3.63) is 35.9 Å². The van der Waals surface area contributed by atoms with Crippen LogP contribution < -0.4 is 4.74 Å². The lowest BCUT2D eigenvalue weighted by molar-refractivity contribution is -0.148. The van der Waals surface area contributed by atoms with Crippen LogP contribution in [0.1, 0.15) is 25.3 Å². The number of carbonyl (C=O) groups excluding carboxylic acids is 2. The minimum atomic E-state index is -0.522. The van der Waals surface area contributed by atoms with Gasteiger partial charge in [0.15, 0.2) is 6.61 Å². The molecule has 1 heterocycles. The highest BCUT2D eigenvalue weighted by atomic mass is 16.5. The number of benzene rings is 1. The SMILES string of the molecule is COc1cccc(/C=C/C(=O)OCC(=O)N2CCC(C)CC2)c1. The van der Waals surface area contributed by atoms with E-state index in [1.54, 1.807) is 18.1 Å². The van der Waals surface area contributed by atoms with Gasteiger partial charge in [0.25, 0.3) is 5.91 Å². The van der Waals surface area contributed by atoms with Gasteiger partial charge in [-0.1, -0.05) is 19.1 Å². The summed E-state index contributed by atoms with van der Waals surface area (Å²) < 4.78 is 10.1. The van der Waals surface area contributed by atoms with Gasteiger partial charge < -0.3 is 14.4 Å². The van der Waals surface area contributed by atoms with Gasteiger partial charge in [0.1, 0.15) is 5.75 Å². The molecule has 0 aromatic heterocycles. The number of likely N-dealkylation sites (tertiary alicyclic amines) is 1. The standard InChI is InChI=1S/C18H23NO4/c1-14-8-10-19(11-9-14)17(20)13-23-18(21)7-6-15-4-3-5-16(12-15)22-2/h3-7,12,14H,8-11,13H2,1-2H3/b7-6+. The Morgan fingerprint density at radius 3 is 2.74 bits per heavy atom. The highest BCUT2D eigenvalue weighted by molar-refractivity contribution is 5.89. The third-order valence-corrected chi connectivity index (χ3v) is 3.98. The largest absolute Gasteiger partial charge is 0.497 e. The number of nitrogens with zero attached hydrogens (tertiary/aromatic N) is 1. The number of rotatable bonds is 5. The summed E-state index contributed by atoms with van der Waals surface area (Å²) in [5.74, 6) is 0.731. The molecule has 1 aromatic rings. The Bertz CT molecular complexity index is 574. The Hall–Kier alpha value is -2.30. The second-order valence-electron chi connectivity index (χ2n) is 5.78. The van der Waals surface area contributed by atoms with Gasteiger partial charge in [-0.15, -0.1) is 0 Å². The van der Waals surface area contributed by atoms with Crippen LogP contribution >= 0.6 is 0 Å². The van der Waals surface area contributed by atoms with Gasteiger partial charge in [-0.05, 0) is 42.5 Å². The minimum absolute atomic E-state index is 0.125. The van der Waals surface area contributed by atoms with Crippen molar-refractivity contribution in [2.45, 2.75) is 19.8 Å². The van der Waals surface area contributed by atoms with Crippen molar-refractivity contribution < 1.29 is 19.1 Å². The molecule has 1 aliphatic rings. The average Bonchev–Trinajstić information content (AvgIpc) is 2.58. The minimum Gasteiger partial charge on any atom is -0.497 e. The zero-order valence-electron chi connectivity index (χ0n) is 13.7. The van der Waals surface area contributed by atoms with Crippen LogP contribution in [-0.2, 0) is 14.3 Å². The van der Waals surface area contributed by atoms with Crippen molar-refractivity contribution in [3.63, 3.8) is 0 Å². The van der Waals surface area contributed by atoms with Crippen molar-refractivity contribution in [2.24, 2.45) is 5.92 Å². The fraction of sp³-hybridized carbons (Fsp3) is 0.444. The van der Waals surface area contributed by atoms with E-state index in [0.29, 0.717) is 5.92 Å². The first-order valence-corrected chi connectivity index (χ1v) is 7.85. The Kier molecular flexibility index (Phi) is 6.20. The van der Waals surface area contributed by atoms with Crippen molar-refractivity contribution in [2.75, 3.05) is 26.8 Å². The van der Waals surface area contributed by atoms with Crippen LogP contribution in [0.5, 0.6) is 5.75 Å². The molecule has 5 nitrogen and oxygen atoms in total. The highest BCUT2D eigenvalue weighted by Crippen LogP contribution is 2.16. The maximum absolute atomic E-state index is 12.0. The number of hydrogen-bond donors (Lipinski definition) is 0. The third-order valence-electron chi connectivity index (χ3n) is 3.98. The van der Waals surface area contributed by atoms with Crippen LogP contribution in [0.15, 0.2) is 30.3 Å². The van der Waals surface area contributed by atoms with Crippen LogP contribution in [0, 0.1) is 5.92 Å². The molecule has 0 radical (unpaired) electrons. The molecule has 0 N–H and O–H groups in total. The van der Waals surface area contributed by atoms with E-state index in [0.717, 1.165) is 37.2 Å². The lowest BCUT2D eigenvalue weighted by Gasteiger charge is -2.30. The Balaban J connectivity index is 1.78. The zero-order chi connectivity index (χ0) is 16.7. The van der Waals surface area contributed by atoms with Gasteiger partial charge in [-0.25, -0.2) is 4.79 Å². The Morgan fingerprint density at radius 2 is 2.04 bits per heavy atom. The number of piperidine rings is 1. The summed E-state index contributed by atoms with van der Waals surface area (Å²) in [6.07, 6.45) is 4.98. The topological polar surface area (TPSA) is 55.8 Å². The van der Waals surface area contributed by atoms with Gasteiger partial charge in [0.05, 0.1) is 7.11 Å². The van der Waals surface area contributed by atoms with Crippen LogP contribution in [0.3, 0.4) is 0 Å². The normalized spacial score (nSPS) is 15.7. The molecule has 1 fully saturated rings. The van der Waals surface area contributed by atoms with Crippen LogP contribution in [0.4, 0.5) is 0 Å². The first-order chi connectivity index (χ1) is 11.1. The molecule has 23 heavy (non-hydrogen) atoms. The predicted molar refractivity (Wildman–Crippen MR) is 88.0 cm³/mol. The van der Waals surface area contributed by atoms with Crippen molar-refractivity contribution in [1.29, 1.82) is 0 Å². The Morgan fingerprint density at radius 1 is 1.30 bits per heavy atom. The van der Waals surface area contributed by atoms with Gasteiger partial charge in [0.2, 0.25) is 0 Å². The maximum Gasteiger partial charge on any atom is 0.331 e. The van der Waals surface area contributed by atoms with E-state index in [4.69, 9.17) is 9.47 Å². The predicted octanol–water partition coefficient (Wildman–Crippen LogP) is 2.51. The Labute approximate surface area is 136 Å². The van der Waals surface area contributed by atoms with Crippen LogP contribution in [-0.4, -0.2) is 43.6 Å². The number of methoxy groups -OCH3 is 1. The van der Waals surface area contributed by atoms with Crippen LogP contribution in [0.2, 0.25) is 0 Å². The summed E-state index contributed by atoms with van der Waals surface area (Å²) in [7, 11) is 1.59. The molecule has 0 aliphatic carbocycles. The van der Waals surface area contributed by atoms with Gasteiger partial charge in [-0.3, -0.25) is 4.79 Å². The van der Waals surface area contributed by atoms with Gasteiger partial charge >= 0.3 is 5.97 Å². The lowest BCUT2D eigenvalue weighted by Crippen LogP contribution is -2.40. The highest BCUT2D eigenvalue weighted by Gasteiger charge is 2.20. The average molecular weight is 317 g/mol. The summed E-state index contributed by atoms with van der Waals surface area (Å²) in [5, 5.41) is 0. The van der Waals surface area contributed by atoms with Crippen molar-refractivity contribution in [1.82, 2.24) is 4.90 Å². The zero-order valence-corrected chi connectivity index (χ0v) is 13.7. The third kappa shape index (κ3) is 5.43. The first kappa shape index (κ1) is 17.1. The summed E-state index contributed by atoms with van der Waals surface area (Å²) in [5.41, 5.74) is 0.831.